The van der Waals surface area contributed by atoms with Gasteiger partial charge in [0.2, 0.25) is 11.9 Å². The van der Waals surface area contributed by atoms with E-state index in [1.165, 1.54) is 24.8 Å². The average molecular weight is 481 g/mol. The molecule has 0 radical (unpaired) electrons. The van der Waals surface area contributed by atoms with Crippen molar-refractivity contribution in [1.82, 2.24) is 15.3 Å². The van der Waals surface area contributed by atoms with Gasteiger partial charge in [-0.15, -0.1) is 0 Å². The normalized spacial score (nSPS) is 9.51. The molecule has 3 rings (SSSR count). The molecule has 9 heteroatoms. The number of aromatic nitrogens is 2. The number of carboxylic acids is 1. The molecule has 0 fully saturated rings. The highest BCUT2D eigenvalue weighted by Gasteiger charge is 2.08. The summed E-state index contributed by atoms with van der Waals surface area (Å²) >= 11 is 0. The van der Waals surface area contributed by atoms with Gasteiger partial charge in [-0.05, 0) is 35.9 Å². The Hall–Kier alpha value is -4.14. The Morgan fingerprint density at radius 3 is 2.23 bits per heavy atom. The Balaban J connectivity index is 0.00000114. The lowest BCUT2D eigenvalue weighted by atomic mass is 10.2. The van der Waals surface area contributed by atoms with Crippen molar-refractivity contribution >= 4 is 40.7 Å². The molecular formula is C26H36N6O3. The van der Waals surface area contributed by atoms with Crippen LogP contribution in [0, 0.1) is 0 Å². The van der Waals surface area contributed by atoms with Crippen molar-refractivity contribution in [2.45, 2.75) is 54.0 Å². The highest BCUT2D eigenvalue weighted by atomic mass is 16.4. The van der Waals surface area contributed by atoms with E-state index in [2.05, 4.69) is 39.8 Å². The molecule has 3 aromatic rings. The lowest BCUT2D eigenvalue weighted by Crippen LogP contribution is -2.21. The Bertz CT molecular complexity index is 1090. The van der Waals surface area contributed by atoms with Gasteiger partial charge >= 0.3 is 5.97 Å². The van der Waals surface area contributed by atoms with Gasteiger partial charge < -0.3 is 26.8 Å². The fourth-order valence-corrected chi connectivity index (χ4v) is 2.63. The maximum atomic E-state index is 11.5. The minimum Gasteiger partial charge on any atom is -0.478 e. The summed E-state index contributed by atoms with van der Waals surface area (Å²) in [5.41, 5.74) is 8.73. The molecule has 1 heterocycles. The standard InChI is InChI=1S/C21H22N6O3.C3H8.C2H6/c1-2-18(28)23-11-13-5-3-7-15(9-13)25-19-17(22)12-24-21(27-19)26-16-8-4-6-14(10-16)20(29)30;1-3-2;1-2/h3-10,12H,2,11,22H2,1H3,(H,23,28)(H,29,30)(H2,24,25,26,27);3H2,1-2H3;1-2H3. The largest absolute Gasteiger partial charge is 0.478 e. The zero-order chi connectivity index (χ0) is 26.2. The molecule has 0 saturated heterocycles. The van der Waals surface area contributed by atoms with Crippen LogP contribution in [0.5, 0.6) is 0 Å². The molecule has 9 nitrogen and oxygen atoms in total. The minimum absolute atomic E-state index is 0.0175. The number of amides is 1. The van der Waals surface area contributed by atoms with Crippen LogP contribution in [0.1, 0.15) is 63.4 Å². The molecule has 35 heavy (non-hydrogen) atoms. The number of hydrogen-bond donors (Lipinski definition) is 5. The number of hydrogen-bond acceptors (Lipinski definition) is 7. The summed E-state index contributed by atoms with van der Waals surface area (Å²) in [6.45, 7) is 10.5. The first-order chi connectivity index (χ1) is 16.9. The molecule has 0 unspecified atom stereocenters. The number of nitrogens with two attached hydrogens (primary N) is 1. The smallest absolute Gasteiger partial charge is 0.335 e. The van der Waals surface area contributed by atoms with E-state index in [4.69, 9.17) is 10.8 Å². The summed E-state index contributed by atoms with van der Waals surface area (Å²) in [5.74, 6) is -0.373. The van der Waals surface area contributed by atoms with E-state index in [0.717, 1.165) is 11.3 Å². The first-order valence-electron chi connectivity index (χ1n) is 11.7. The van der Waals surface area contributed by atoms with Gasteiger partial charge in [-0.25, -0.2) is 9.78 Å². The molecule has 0 aliphatic heterocycles. The van der Waals surface area contributed by atoms with Gasteiger partial charge in [0.1, 0.15) is 0 Å². The van der Waals surface area contributed by atoms with Crippen LogP contribution in [-0.4, -0.2) is 27.0 Å². The van der Waals surface area contributed by atoms with Crippen LogP contribution in [0.25, 0.3) is 0 Å². The highest BCUT2D eigenvalue weighted by Crippen LogP contribution is 2.23. The predicted molar refractivity (Wildman–Crippen MR) is 142 cm³/mol. The lowest BCUT2D eigenvalue weighted by molar-refractivity contribution is -0.120. The number of anilines is 5. The maximum Gasteiger partial charge on any atom is 0.335 e. The van der Waals surface area contributed by atoms with Gasteiger partial charge in [0, 0.05) is 24.3 Å². The quantitative estimate of drug-likeness (QED) is 0.276. The Morgan fingerprint density at radius 2 is 1.60 bits per heavy atom. The molecule has 0 aliphatic carbocycles. The van der Waals surface area contributed by atoms with E-state index >= 15 is 0 Å². The van der Waals surface area contributed by atoms with E-state index in [0.29, 0.717) is 30.2 Å². The van der Waals surface area contributed by atoms with E-state index in [1.54, 1.807) is 19.1 Å². The maximum absolute atomic E-state index is 11.5. The van der Waals surface area contributed by atoms with E-state index in [-0.39, 0.29) is 17.4 Å². The summed E-state index contributed by atoms with van der Waals surface area (Å²) in [6, 6.07) is 13.9. The van der Waals surface area contributed by atoms with Gasteiger partial charge in [-0.3, -0.25) is 4.79 Å². The van der Waals surface area contributed by atoms with Gasteiger partial charge in [0.15, 0.2) is 5.82 Å². The van der Waals surface area contributed by atoms with E-state index in [1.807, 2.05) is 38.1 Å². The van der Waals surface area contributed by atoms with Gasteiger partial charge in [-0.2, -0.15) is 4.98 Å². The van der Waals surface area contributed by atoms with Crippen molar-refractivity contribution in [2.24, 2.45) is 0 Å². The van der Waals surface area contributed by atoms with Crippen molar-refractivity contribution < 1.29 is 14.7 Å². The van der Waals surface area contributed by atoms with Crippen molar-refractivity contribution in [3.8, 4) is 0 Å². The van der Waals surface area contributed by atoms with Crippen molar-refractivity contribution in [2.75, 3.05) is 16.4 Å². The Kier molecular flexibility index (Phi) is 12.9. The summed E-state index contributed by atoms with van der Waals surface area (Å²) < 4.78 is 0. The SMILES string of the molecule is CC.CCC.CCC(=O)NCc1cccc(Nc2nc(Nc3cccc(C(=O)O)c3)ncc2N)c1. The van der Waals surface area contributed by atoms with Crippen molar-refractivity contribution in [1.29, 1.82) is 0 Å². The van der Waals surface area contributed by atoms with Crippen LogP contribution in [0.2, 0.25) is 0 Å². The van der Waals surface area contributed by atoms with Gasteiger partial charge in [0.25, 0.3) is 0 Å². The fraction of sp³-hybridized carbons (Fsp3) is 0.308. The lowest BCUT2D eigenvalue weighted by Gasteiger charge is -2.12. The second-order valence-corrected chi connectivity index (χ2v) is 7.17. The van der Waals surface area contributed by atoms with Gasteiger partial charge in [0.05, 0.1) is 17.4 Å². The molecule has 0 bridgehead atoms. The second-order valence-electron chi connectivity index (χ2n) is 7.17. The monoisotopic (exact) mass is 480 g/mol. The van der Waals surface area contributed by atoms with Gasteiger partial charge in [-0.1, -0.05) is 59.2 Å². The second kappa shape index (κ2) is 15.7. The zero-order valence-electron chi connectivity index (χ0n) is 21.1. The topological polar surface area (TPSA) is 142 Å². The van der Waals surface area contributed by atoms with Crippen LogP contribution < -0.4 is 21.7 Å². The molecule has 0 saturated carbocycles. The van der Waals surface area contributed by atoms with Crippen LogP contribution >= 0.6 is 0 Å². The van der Waals surface area contributed by atoms with Crippen molar-refractivity contribution in [3.05, 3.63) is 65.9 Å². The van der Waals surface area contributed by atoms with Crippen LogP contribution in [0.15, 0.2) is 54.7 Å². The Morgan fingerprint density at radius 1 is 0.971 bits per heavy atom. The molecule has 0 spiro atoms. The highest BCUT2D eigenvalue weighted by molar-refractivity contribution is 5.89. The van der Waals surface area contributed by atoms with E-state index < -0.39 is 5.97 Å². The summed E-state index contributed by atoms with van der Waals surface area (Å²) in [6.07, 6.45) is 3.14. The van der Waals surface area contributed by atoms with Crippen LogP contribution in [0.4, 0.5) is 28.8 Å². The number of aromatic carboxylic acids is 1. The molecule has 188 valence electrons. The third kappa shape index (κ3) is 10.1. The molecule has 2 aromatic carbocycles. The number of nitrogens with one attached hydrogen (secondary N) is 3. The Labute approximate surface area is 207 Å². The molecule has 0 aliphatic rings. The number of carbonyl (C=O) groups excluding carboxylic acids is 1. The first kappa shape index (κ1) is 28.9. The third-order valence-corrected chi connectivity index (χ3v) is 4.18. The predicted octanol–water partition coefficient (Wildman–Crippen LogP) is 5.71. The molecule has 1 aromatic heterocycles. The number of benzene rings is 2. The average Bonchev–Trinajstić information content (AvgIpc) is 2.86. The van der Waals surface area contributed by atoms with E-state index in [9.17, 15) is 9.59 Å². The third-order valence-electron chi connectivity index (χ3n) is 4.18. The zero-order valence-corrected chi connectivity index (χ0v) is 21.1. The van der Waals surface area contributed by atoms with Crippen molar-refractivity contribution in [3.63, 3.8) is 0 Å². The van der Waals surface area contributed by atoms with Crippen LogP contribution in [0.3, 0.4) is 0 Å². The summed E-state index contributed by atoms with van der Waals surface area (Å²) in [7, 11) is 0. The number of nitrogens with zero attached hydrogens (tertiary/aromatic N) is 2. The minimum atomic E-state index is -1.02. The first-order valence-corrected chi connectivity index (χ1v) is 11.7. The summed E-state index contributed by atoms with van der Waals surface area (Å²) in [5, 5.41) is 18.1. The molecular weight excluding hydrogens is 444 g/mol. The number of rotatable bonds is 8. The molecule has 0 atom stereocenters. The number of nitrogen functional groups attached to an aromatic ring is 1. The number of carboxylic acid groups (broad SMARTS) is 1. The summed E-state index contributed by atoms with van der Waals surface area (Å²) in [4.78, 5) is 31.1. The molecule has 1 amide bonds. The van der Waals surface area contributed by atoms with Crippen LogP contribution in [-0.2, 0) is 11.3 Å². The fourth-order valence-electron chi connectivity index (χ4n) is 2.63. The number of carbonyl (C=O) groups is 2. The molecule has 6 N–H and O–H groups in total.